The number of fused-ring (bicyclic) bond motifs is 1. The molecule has 0 unspecified atom stereocenters. The van der Waals surface area contributed by atoms with Crippen molar-refractivity contribution >= 4 is 39.0 Å². The molecule has 146 valence electrons. The number of hydrogen-bond acceptors (Lipinski definition) is 7. The van der Waals surface area contributed by atoms with Crippen LogP contribution in [0, 0.1) is 12.9 Å². The van der Waals surface area contributed by atoms with Gasteiger partial charge in [0.2, 0.25) is 11.8 Å². The Morgan fingerprint density at radius 2 is 2.07 bits per heavy atom. The highest BCUT2D eigenvalue weighted by molar-refractivity contribution is 7.20. The Balaban J connectivity index is 1.70. The minimum absolute atomic E-state index is 0.0263. The molecule has 28 heavy (non-hydrogen) atoms. The number of thiophene rings is 1. The van der Waals surface area contributed by atoms with Gasteiger partial charge in [-0.1, -0.05) is 6.42 Å². The van der Waals surface area contributed by atoms with Gasteiger partial charge in [-0.05, 0) is 50.3 Å². The van der Waals surface area contributed by atoms with E-state index < -0.39 is 11.9 Å². The van der Waals surface area contributed by atoms with E-state index in [9.17, 15) is 9.18 Å². The van der Waals surface area contributed by atoms with Crippen LogP contribution in [0.3, 0.4) is 0 Å². The Morgan fingerprint density at radius 1 is 1.29 bits per heavy atom. The number of aromatic nitrogens is 3. The van der Waals surface area contributed by atoms with Crippen molar-refractivity contribution in [2.45, 2.75) is 45.1 Å². The van der Waals surface area contributed by atoms with Gasteiger partial charge in [0.25, 0.3) is 5.91 Å². The number of rotatable bonds is 5. The fourth-order valence-corrected chi connectivity index (χ4v) is 4.47. The molecule has 1 aliphatic rings. The summed E-state index contributed by atoms with van der Waals surface area (Å²) in [5, 5.41) is 3.88. The van der Waals surface area contributed by atoms with Crippen molar-refractivity contribution < 1.29 is 13.9 Å². The molecule has 3 aromatic rings. The third-order valence-electron chi connectivity index (χ3n) is 4.86. The van der Waals surface area contributed by atoms with E-state index in [1.165, 1.54) is 30.2 Å². The minimum Gasteiger partial charge on any atom is -0.473 e. The van der Waals surface area contributed by atoms with Gasteiger partial charge in [0.05, 0.1) is 10.3 Å². The molecule has 1 aliphatic carbocycles. The molecule has 0 radical (unpaired) electrons. The summed E-state index contributed by atoms with van der Waals surface area (Å²) in [4.78, 5) is 25.2. The van der Waals surface area contributed by atoms with Gasteiger partial charge in [0.15, 0.2) is 0 Å². The lowest BCUT2D eigenvalue weighted by molar-refractivity contribution is 0.100. The van der Waals surface area contributed by atoms with Crippen LogP contribution >= 0.6 is 11.3 Å². The molecule has 0 aliphatic heterocycles. The number of aryl methyl sites for hydroxylation is 1. The van der Waals surface area contributed by atoms with Gasteiger partial charge in [-0.15, -0.1) is 11.3 Å². The molecule has 3 N–H and O–H groups in total. The molecule has 0 aromatic carbocycles. The van der Waals surface area contributed by atoms with Gasteiger partial charge in [-0.25, -0.2) is 9.97 Å². The highest BCUT2D eigenvalue weighted by Gasteiger charge is 2.21. The van der Waals surface area contributed by atoms with E-state index in [1.54, 1.807) is 13.0 Å². The zero-order valence-corrected chi connectivity index (χ0v) is 16.2. The summed E-state index contributed by atoms with van der Waals surface area (Å²) < 4.78 is 19.8. The Labute approximate surface area is 165 Å². The van der Waals surface area contributed by atoms with Crippen molar-refractivity contribution in [1.82, 2.24) is 15.0 Å². The molecule has 3 heterocycles. The van der Waals surface area contributed by atoms with E-state index in [0.717, 1.165) is 25.7 Å². The van der Waals surface area contributed by atoms with Crippen LogP contribution < -0.4 is 15.8 Å². The SMILES string of the molecule is Cc1c(C(N)=O)sc2ncnc(Nc3ccc(F)nc3OC3CCCCC3)c12. The van der Waals surface area contributed by atoms with Crippen molar-refractivity contribution in [3.05, 3.63) is 34.8 Å². The first-order valence-corrected chi connectivity index (χ1v) is 9.98. The second-order valence-corrected chi connectivity index (χ2v) is 7.81. The maximum Gasteiger partial charge on any atom is 0.259 e. The molecule has 0 spiro atoms. The van der Waals surface area contributed by atoms with Crippen molar-refractivity contribution in [3.8, 4) is 5.88 Å². The summed E-state index contributed by atoms with van der Waals surface area (Å²) in [5.74, 6) is -0.405. The van der Waals surface area contributed by atoms with E-state index in [2.05, 4.69) is 20.3 Å². The molecular weight excluding hydrogens is 381 g/mol. The lowest BCUT2D eigenvalue weighted by Gasteiger charge is -2.23. The van der Waals surface area contributed by atoms with Gasteiger partial charge in [-0.2, -0.15) is 9.37 Å². The molecule has 3 aromatic heterocycles. The van der Waals surface area contributed by atoms with Crippen LogP contribution in [0.5, 0.6) is 5.88 Å². The van der Waals surface area contributed by atoms with Gasteiger partial charge in [-0.3, -0.25) is 4.79 Å². The van der Waals surface area contributed by atoms with Crippen LogP contribution in [0.2, 0.25) is 0 Å². The summed E-state index contributed by atoms with van der Waals surface area (Å²) in [6.07, 6.45) is 6.68. The number of pyridine rings is 1. The van der Waals surface area contributed by atoms with Gasteiger partial charge in [0, 0.05) is 0 Å². The number of amides is 1. The third-order valence-corrected chi connectivity index (χ3v) is 6.07. The first-order valence-electron chi connectivity index (χ1n) is 9.17. The number of nitrogens with zero attached hydrogens (tertiary/aromatic N) is 3. The van der Waals surface area contributed by atoms with Crippen LogP contribution in [0.1, 0.15) is 47.3 Å². The number of ether oxygens (including phenoxy) is 1. The summed E-state index contributed by atoms with van der Waals surface area (Å²) in [6.45, 7) is 1.80. The Hall–Kier alpha value is -2.81. The molecule has 0 bridgehead atoms. The number of carbonyl (C=O) groups excluding carboxylic acids is 1. The molecule has 0 atom stereocenters. The van der Waals surface area contributed by atoms with E-state index >= 15 is 0 Å². The average molecular weight is 401 g/mol. The average Bonchev–Trinajstić information content (AvgIpc) is 3.03. The minimum atomic E-state index is -0.605. The van der Waals surface area contributed by atoms with Crippen molar-refractivity contribution in [3.63, 3.8) is 0 Å². The smallest absolute Gasteiger partial charge is 0.259 e. The van der Waals surface area contributed by atoms with Crippen molar-refractivity contribution in [2.75, 3.05) is 5.32 Å². The first kappa shape index (κ1) is 18.5. The quantitative estimate of drug-likeness (QED) is 0.624. The number of nitrogens with one attached hydrogen (secondary N) is 1. The molecule has 1 saturated carbocycles. The standard InChI is InChI=1S/C19H20FN5O2S/c1-10-14-17(22-9-23-19(14)28-15(10)16(21)26)24-12-7-8-13(20)25-18(12)27-11-5-3-2-4-6-11/h7-9,11H,2-6H2,1H3,(H2,21,26)(H,22,23,24). The fourth-order valence-electron chi connectivity index (χ4n) is 3.47. The van der Waals surface area contributed by atoms with Crippen LogP contribution in [-0.4, -0.2) is 27.0 Å². The zero-order chi connectivity index (χ0) is 19.7. The largest absolute Gasteiger partial charge is 0.473 e. The Kier molecular flexibility index (Phi) is 5.08. The first-order chi connectivity index (χ1) is 13.5. The monoisotopic (exact) mass is 401 g/mol. The molecule has 0 saturated heterocycles. The second kappa shape index (κ2) is 7.67. The zero-order valence-electron chi connectivity index (χ0n) is 15.4. The third kappa shape index (κ3) is 3.62. The maximum absolute atomic E-state index is 13.8. The van der Waals surface area contributed by atoms with E-state index in [4.69, 9.17) is 10.5 Å². The van der Waals surface area contributed by atoms with Crippen molar-refractivity contribution in [1.29, 1.82) is 0 Å². The molecule has 7 nitrogen and oxygen atoms in total. The number of primary amides is 1. The van der Waals surface area contributed by atoms with Crippen molar-refractivity contribution in [2.24, 2.45) is 5.73 Å². The summed E-state index contributed by atoms with van der Waals surface area (Å²) in [7, 11) is 0. The van der Waals surface area contributed by atoms with E-state index in [1.807, 2.05) is 0 Å². The van der Waals surface area contributed by atoms with Gasteiger partial charge in [0.1, 0.15) is 28.8 Å². The van der Waals surface area contributed by atoms with Crippen LogP contribution in [-0.2, 0) is 0 Å². The summed E-state index contributed by atoms with van der Waals surface area (Å²) in [5.41, 5.74) is 6.68. The number of hydrogen-bond donors (Lipinski definition) is 2. The summed E-state index contributed by atoms with van der Waals surface area (Å²) >= 11 is 1.22. The Morgan fingerprint density at radius 3 is 2.82 bits per heavy atom. The fraction of sp³-hybridized carbons (Fsp3) is 0.368. The number of halogens is 1. The lowest BCUT2D eigenvalue weighted by atomic mass is 9.98. The second-order valence-electron chi connectivity index (χ2n) is 6.81. The topological polar surface area (TPSA) is 103 Å². The molecule has 1 amide bonds. The van der Waals surface area contributed by atoms with Crippen LogP contribution in [0.4, 0.5) is 15.9 Å². The number of carbonyl (C=O) groups is 1. The van der Waals surface area contributed by atoms with Gasteiger partial charge >= 0.3 is 0 Å². The highest BCUT2D eigenvalue weighted by Crippen LogP contribution is 2.36. The normalized spacial score (nSPS) is 14.9. The molecule has 4 rings (SSSR count). The van der Waals surface area contributed by atoms with Crippen LogP contribution in [0.15, 0.2) is 18.5 Å². The van der Waals surface area contributed by atoms with Gasteiger partial charge < -0.3 is 15.8 Å². The number of nitrogens with two attached hydrogens (primary N) is 1. The van der Waals surface area contributed by atoms with E-state index in [-0.39, 0.29) is 12.0 Å². The predicted molar refractivity (Wildman–Crippen MR) is 106 cm³/mol. The Bertz CT molecular complexity index is 1030. The van der Waals surface area contributed by atoms with Crippen LogP contribution in [0.25, 0.3) is 10.2 Å². The predicted octanol–water partition coefficient (Wildman–Crippen LogP) is 4.09. The van der Waals surface area contributed by atoms with E-state index in [0.29, 0.717) is 32.2 Å². The lowest BCUT2D eigenvalue weighted by Crippen LogP contribution is -2.21. The molecular formula is C19H20FN5O2S. The number of anilines is 2. The highest BCUT2D eigenvalue weighted by atomic mass is 32.1. The molecule has 9 heteroatoms. The summed E-state index contributed by atoms with van der Waals surface area (Å²) in [6, 6.07) is 2.84. The maximum atomic E-state index is 13.8. The molecule has 1 fully saturated rings.